The van der Waals surface area contributed by atoms with Crippen LogP contribution in [0.5, 0.6) is 0 Å². The highest BCUT2D eigenvalue weighted by Crippen LogP contribution is 2.20. The Labute approximate surface area is 144 Å². The van der Waals surface area contributed by atoms with Crippen molar-refractivity contribution in [1.29, 1.82) is 0 Å². The molecular formula is C18H19F2N3O2. The molecule has 0 aliphatic heterocycles. The van der Waals surface area contributed by atoms with Crippen molar-refractivity contribution in [2.45, 2.75) is 20.4 Å². The first kappa shape index (κ1) is 18.4. The van der Waals surface area contributed by atoms with Crippen molar-refractivity contribution in [3.05, 3.63) is 59.2 Å². The number of carbonyl (C=O) groups excluding carboxylic acids is 2. The fourth-order valence-electron chi connectivity index (χ4n) is 2.25. The molecule has 2 rings (SSSR count). The van der Waals surface area contributed by atoms with Gasteiger partial charge in [-0.15, -0.1) is 0 Å². The second-order valence-electron chi connectivity index (χ2n) is 5.62. The number of nitrogens with one attached hydrogen (secondary N) is 3. The molecule has 25 heavy (non-hydrogen) atoms. The summed E-state index contributed by atoms with van der Waals surface area (Å²) in [4.78, 5) is 23.0. The van der Waals surface area contributed by atoms with Crippen LogP contribution in [0.15, 0.2) is 36.4 Å². The molecule has 0 atom stereocenters. The van der Waals surface area contributed by atoms with E-state index in [-0.39, 0.29) is 24.9 Å². The Morgan fingerprint density at radius 1 is 1.04 bits per heavy atom. The number of carbonyl (C=O) groups is 2. The van der Waals surface area contributed by atoms with Gasteiger partial charge in [0, 0.05) is 30.9 Å². The summed E-state index contributed by atoms with van der Waals surface area (Å²) in [6.07, 6.45) is 0. The monoisotopic (exact) mass is 347 g/mol. The van der Waals surface area contributed by atoms with Gasteiger partial charge < -0.3 is 16.0 Å². The summed E-state index contributed by atoms with van der Waals surface area (Å²) < 4.78 is 26.2. The van der Waals surface area contributed by atoms with E-state index in [1.165, 1.54) is 6.92 Å². The zero-order valence-electron chi connectivity index (χ0n) is 14.0. The predicted molar refractivity (Wildman–Crippen MR) is 92.2 cm³/mol. The van der Waals surface area contributed by atoms with Crippen LogP contribution in [0, 0.1) is 18.6 Å². The Balaban J connectivity index is 1.90. The lowest BCUT2D eigenvalue weighted by Gasteiger charge is -2.12. The van der Waals surface area contributed by atoms with E-state index in [0.717, 1.165) is 23.8 Å². The quantitative estimate of drug-likeness (QED) is 0.752. The van der Waals surface area contributed by atoms with Crippen LogP contribution in [0.2, 0.25) is 0 Å². The van der Waals surface area contributed by atoms with E-state index in [4.69, 9.17) is 0 Å². The molecule has 0 aromatic heterocycles. The van der Waals surface area contributed by atoms with E-state index in [1.807, 2.05) is 13.0 Å². The number of amides is 2. The van der Waals surface area contributed by atoms with Crippen LogP contribution in [-0.2, 0) is 16.1 Å². The lowest BCUT2D eigenvalue weighted by Crippen LogP contribution is -2.29. The third kappa shape index (κ3) is 5.87. The molecule has 0 fully saturated rings. The topological polar surface area (TPSA) is 70.2 Å². The van der Waals surface area contributed by atoms with Crippen molar-refractivity contribution >= 4 is 23.2 Å². The molecule has 3 N–H and O–H groups in total. The van der Waals surface area contributed by atoms with Crippen LogP contribution in [-0.4, -0.2) is 18.4 Å². The van der Waals surface area contributed by atoms with E-state index in [1.54, 1.807) is 12.1 Å². The Bertz CT molecular complexity index is 774. The molecule has 2 aromatic rings. The first-order chi connectivity index (χ1) is 11.8. The maximum atomic E-state index is 13.1. The first-order valence-corrected chi connectivity index (χ1v) is 7.67. The average molecular weight is 347 g/mol. The van der Waals surface area contributed by atoms with Gasteiger partial charge in [-0.3, -0.25) is 9.59 Å². The number of halogens is 2. The van der Waals surface area contributed by atoms with Crippen molar-refractivity contribution in [3.63, 3.8) is 0 Å². The zero-order chi connectivity index (χ0) is 18.4. The van der Waals surface area contributed by atoms with Gasteiger partial charge in [-0.1, -0.05) is 6.07 Å². The molecule has 7 heteroatoms. The highest BCUT2D eigenvalue weighted by molar-refractivity contribution is 5.89. The fourth-order valence-corrected chi connectivity index (χ4v) is 2.25. The van der Waals surface area contributed by atoms with Crippen molar-refractivity contribution in [2.75, 3.05) is 17.2 Å². The van der Waals surface area contributed by atoms with Crippen LogP contribution < -0.4 is 16.0 Å². The SMILES string of the molecule is CC(=O)Nc1ccc(C)c(NCC(=O)NCc2cc(F)cc(F)c2)c1. The number of anilines is 2. The summed E-state index contributed by atoms with van der Waals surface area (Å²) in [7, 11) is 0. The number of rotatable bonds is 6. The van der Waals surface area contributed by atoms with E-state index >= 15 is 0 Å². The van der Waals surface area contributed by atoms with E-state index in [9.17, 15) is 18.4 Å². The van der Waals surface area contributed by atoms with E-state index in [2.05, 4.69) is 16.0 Å². The van der Waals surface area contributed by atoms with Crippen LogP contribution in [0.3, 0.4) is 0 Å². The second-order valence-corrected chi connectivity index (χ2v) is 5.62. The minimum atomic E-state index is -0.687. The van der Waals surface area contributed by atoms with Gasteiger partial charge in [0.1, 0.15) is 11.6 Å². The molecule has 5 nitrogen and oxygen atoms in total. The van der Waals surface area contributed by atoms with Crippen LogP contribution in [0.4, 0.5) is 20.2 Å². The first-order valence-electron chi connectivity index (χ1n) is 7.67. The van der Waals surface area contributed by atoms with Crippen LogP contribution in [0.25, 0.3) is 0 Å². The summed E-state index contributed by atoms with van der Waals surface area (Å²) in [5, 5.41) is 8.23. The average Bonchev–Trinajstić information content (AvgIpc) is 2.52. The molecule has 2 aromatic carbocycles. The lowest BCUT2D eigenvalue weighted by atomic mass is 10.1. The highest BCUT2D eigenvalue weighted by atomic mass is 19.1. The van der Waals surface area contributed by atoms with Gasteiger partial charge in [0.15, 0.2) is 0 Å². The molecule has 0 unspecified atom stereocenters. The maximum Gasteiger partial charge on any atom is 0.239 e. The maximum absolute atomic E-state index is 13.1. The van der Waals surface area contributed by atoms with Crippen molar-refractivity contribution in [1.82, 2.24) is 5.32 Å². The number of hydrogen-bond donors (Lipinski definition) is 3. The summed E-state index contributed by atoms with van der Waals surface area (Å²) in [6.45, 7) is 3.30. The molecule has 132 valence electrons. The van der Waals surface area contributed by atoms with Gasteiger partial charge in [0.25, 0.3) is 0 Å². The molecule has 0 saturated carbocycles. The lowest BCUT2D eigenvalue weighted by molar-refractivity contribution is -0.119. The van der Waals surface area contributed by atoms with Crippen molar-refractivity contribution in [2.24, 2.45) is 0 Å². The Morgan fingerprint density at radius 2 is 1.72 bits per heavy atom. The number of aryl methyl sites for hydroxylation is 1. The van der Waals surface area contributed by atoms with Crippen LogP contribution >= 0.6 is 0 Å². The fraction of sp³-hybridized carbons (Fsp3) is 0.222. The van der Waals surface area contributed by atoms with Gasteiger partial charge >= 0.3 is 0 Å². The highest BCUT2D eigenvalue weighted by Gasteiger charge is 2.06. The standard InChI is InChI=1S/C18H19F2N3O2/c1-11-3-4-16(23-12(2)24)8-17(11)21-10-18(25)22-9-13-5-14(19)7-15(20)6-13/h3-8,21H,9-10H2,1-2H3,(H,22,25)(H,23,24). The Hall–Kier alpha value is -2.96. The molecule has 0 aliphatic rings. The molecule has 0 bridgehead atoms. The second kappa shape index (κ2) is 8.23. The normalized spacial score (nSPS) is 10.2. The van der Waals surface area contributed by atoms with Gasteiger partial charge in [0.05, 0.1) is 6.54 Å². The third-order valence-electron chi connectivity index (χ3n) is 3.41. The van der Waals surface area contributed by atoms with Gasteiger partial charge in [-0.05, 0) is 42.3 Å². The van der Waals surface area contributed by atoms with Gasteiger partial charge in [-0.2, -0.15) is 0 Å². The molecule has 2 amide bonds. The summed E-state index contributed by atoms with van der Waals surface area (Å²) >= 11 is 0. The Kier molecular flexibility index (Phi) is 6.05. The van der Waals surface area contributed by atoms with E-state index in [0.29, 0.717) is 16.9 Å². The minimum absolute atomic E-state index is 0.0117. The largest absolute Gasteiger partial charge is 0.376 e. The molecule has 0 spiro atoms. The smallest absolute Gasteiger partial charge is 0.239 e. The summed E-state index contributed by atoms with van der Waals surface area (Å²) in [6, 6.07) is 8.42. The molecule has 0 radical (unpaired) electrons. The Morgan fingerprint density at radius 3 is 2.36 bits per heavy atom. The van der Waals surface area contributed by atoms with Gasteiger partial charge in [-0.25, -0.2) is 8.78 Å². The van der Waals surface area contributed by atoms with E-state index < -0.39 is 11.6 Å². The van der Waals surface area contributed by atoms with Crippen LogP contribution in [0.1, 0.15) is 18.1 Å². The molecule has 0 aliphatic carbocycles. The minimum Gasteiger partial charge on any atom is -0.376 e. The molecule has 0 saturated heterocycles. The predicted octanol–water partition coefficient (Wildman–Crippen LogP) is 2.96. The summed E-state index contributed by atoms with van der Waals surface area (Å²) in [5.41, 5.74) is 2.58. The van der Waals surface area contributed by atoms with Gasteiger partial charge in [0.2, 0.25) is 11.8 Å². The number of hydrogen-bond acceptors (Lipinski definition) is 3. The summed E-state index contributed by atoms with van der Waals surface area (Å²) in [5.74, 6) is -1.88. The van der Waals surface area contributed by atoms with Crippen molar-refractivity contribution in [3.8, 4) is 0 Å². The number of benzene rings is 2. The van der Waals surface area contributed by atoms with Crippen molar-refractivity contribution < 1.29 is 18.4 Å². The zero-order valence-corrected chi connectivity index (χ0v) is 14.0. The molecule has 0 heterocycles. The third-order valence-corrected chi connectivity index (χ3v) is 3.41. The molecular weight excluding hydrogens is 328 g/mol.